The number of halogens is 3. The van der Waals surface area contributed by atoms with Gasteiger partial charge in [0, 0.05) is 12.5 Å². The van der Waals surface area contributed by atoms with Crippen molar-refractivity contribution in [3.05, 3.63) is 48.0 Å². The van der Waals surface area contributed by atoms with Crippen LogP contribution in [0.5, 0.6) is 11.5 Å². The summed E-state index contributed by atoms with van der Waals surface area (Å²) in [4.78, 5) is 30.9. The minimum atomic E-state index is -4.67. The van der Waals surface area contributed by atoms with Crippen LogP contribution in [0.2, 0.25) is 0 Å². The summed E-state index contributed by atoms with van der Waals surface area (Å²) in [5.74, 6) is -2.13. The molecule has 2 fully saturated rings. The molecule has 2 N–H and O–H groups in total. The van der Waals surface area contributed by atoms with Crippen molar-refractivity contribution in [2.24, 2.45) is 5.92 Å². The zero-order valence-electron chi connectivity index (χ0n) is 17.1. The van der Waals surface area contributed by atoms with Crippen LogP contribution in [-0.4, -0.2) is 46.5 Å². The van der Waals surface area contributed by atoms with Gasteiger partial charge in [-0.3, -0.25) is 10.1 Å². The van der Waals surface area contributed by atoms with Crippen LogP contribution in [-0.2, 0) is 27.5 Å². The van der Waals surface area contributed by atoms with Gasteiger partial charge >= 0.3 is 12.2 Å². The minimum absolute atomic E-state index is 0.0217. The summed E-state index contributed by atoms with van der Waals surface area (Å²) in [6.45, 7) is -0.202. The number of ether oxygens (including phenoxy) is 1. The molecule has 1 aromatic carbocycles. The Morgan fingerprint density at radius 3 is 2.18 bits per heavy atom. The summed E-state index contributed by atoms with van der Waals surface area (Å²) in [5, 5.41) is 4.61. The van der Waals surface area contributed by atoms with Crippen molar-refractivity contribution >= 4 is 22.0 Å². The molecule has 3 amide bonds. The monoisotopic (exact) mass is 485 g/mol. The van der Waals surface area contributed by atoms with Gasteiger partial charge in [0.2, 0.25) is 15.8 Å². The Bertz CT molecular complexity index is 1180. The molecule has 14 heteroatoms. The van der Waals surface area contributed by atoms with Gasteiger partial charge in [0.25, 0.3) is 5.91 Å². The van der Waals surface area contributed by atoms with E-state index in [0.29, 0.717) is 18.4 Å². The first kappa shape index (κ1) is 22.9. The van der Waals surface area contributed by atoms with Crippen LogP contribution in [0.1, 0.15) is 24.2 Å². The average molecular weight is 485 g/mol. The average Bonchev–Trinajstić information content (AvgIpc) is 3.52. The highest BCUT2D eigenvalue weighted by Crippen LogP contribution is 2.44. The molecular weight excluding hydrogens is 467 g/mol. The molecule has 33 heavy (non-hydrogen) atoms. The number of benzene rings is 1. The standard InChI is InChI=1S/C19H18F3N5O5S/c1-33(30,31)27(18(12-4-5-12)16(28)25-17(29)26-18)10-11-2-6-13(7-3-11)32-14-8-23-15(24-9-14)19(20,21)22/h2-3,6-9,12H,4-5,10H2,1H3,(H2,25,26,28,29)/t18-/m0/s1. The Morgan fingerprint density at radius 1 is 1.12 bits per heavy atom. The van der Waals surface area contributed by atoms with Gasteiger partial charge in [0.1, 0.15) is 5.75 Å². The first-order valence-corrected chi connectivity index (χ1v) is 11.5. The molecule has 0 bridgehead atoms. The molecular formula is C19H18F3N5O5S. The van der Waals surface area contributed by atoms with Crippen molar-refractivity contribution in [3.63, 3.8) is 0 Å². The zero-order valence-corrected chi connectivity index (χ0v) is 17.9. The Morgan fingerprint density at radius 2 is 1.73 bits per heavy atom. The number of nitrogens with zero attached hydrogens (tertiary/aromatic N) is 3. The van der Waals surface area contributed by atoms with Crippen molar-refractivity contribution in [3.8, 4) is 11.5 Å². The number of urea groups is 1. The second-order valence-electron chi connectivity index (χ2n) is 7.70. The van der Waals surface area contributed by atoms with E-state index in [1.807, 2.05) is 0 Å². The van der Waals surface area contributed by atoms with E-state index in [1.165, 1.54) is 24.3 Å². The fourth-order valence-electron chi connectivity index (χ4n) is 3.61. The fourth-order valence-corrected chi connectivity index (χ4v) is 4.80. The van der Waals surface area contributed by atoms with Gasteiger partial charge in [-0.2, -0.15) is 17.5 Å². The number of amides is 3. The molecule has 1 aliphatic heterocycles. The number of aromatic nitrogens is 2. The predicted octanol–water partition coefficient (Wildman–Crippen LogP) is 1.99. The molecule has 2 aromatic rings. The van der Waals surface area contributed by atoms with E-state index in [9.17, 15) is 31.2 Å². The maximum Gasteiger partial charge on any atom is 0.451 e. The number of carbonyl (C=O) groups excluding carboxylic acids is 2. The smallest absolute Gasteiger partial charge is 0.451 e. The van der Waals surface area contributed by atoms with Gasteiger partial charge in [-0.05, 0) is 30.5 Å². The fraction of sp³-hybridized carbons (Fsp3) is 0.368. The number of carbonyl (C=O) groups is 2. The van der Waals surface area contributed by atoms with Crippen LogP contribution in [0.15, 0.2) is 36.7 Å². The maximum atomic E-state index is 12.6. The van der Waals surface area contributed by atoms with Gasteiger partial charge in [-0.1, -0.05) is 12.1 Å². The van der Waals surface area contributed by atoms with Gasteiger partial charge < -0.3 is 10.1 Å². The molecule has 0 unspecified atom stereocenters. The number of imide groups is 1. The highest BCUT2D eigenvalue weighted by molar-refractivity contribution is 7.88. The minimum Gasteiger partial charge on any atom is -0.454 e. The molecule has 2 aliphatic rings. The summed E-state index contributed by atoms with van der Waals surface area (Å²) in [6, 6.07) is 5.26. The van der Waals surface area contributed by atoms with E-state index in [0.717, 1.165) is 23.0 Å². The number of sulfonamides is 1. The molecule has 1 atom stereocenters. The second kappa shape index (κ2) is 7.95. The summed E-state index contributed by atoms with van der Waals surface area (Å²) < 4.78 is 69.3. The van der Waals surface area contributed by atoms with Gasteiger partial charge in [0.05, 0.1) is 18.6 Å². The summed E-state index contributed by atoms with van der Waals surface area (Å²) in [7, 11) is -3.92. The van der Waals surface area contributed by atoms with E-state index in [-0.39, 0.29) is 24.0 Å². The molecule has 4 rings (SSSR count). The second-order valence-corrected chi connectivity index (χ2v) is 9.61. The first-order chi connectivity index (χ1) is 15.4. The number of hydrogen-bond donors (Lipinski definition) is 2. The van der Waals surface area contributed by atoms with Crippen LogP contribution in [0, 0.1) is 5.92 Å². The summed E-state index contributed by atoms with van der Waals surface area (Å²) in [5.41, 5.74) is -1.21. The van der Waals surface area contributed by atoms with Gasteiger partial charge in [-0.25, -0.2) is 23.2 Å². The molecule has 0 spiro atoms. The van der Waals surface area contributed by atoms with E-state index in [4.69, 9.17) is 4.74 Å². The van der Waals surface area contributed by atoms with Crippen LogP contribution < -0.4 is 15.4 Å². The van der Waals surface area contributed by atoms with E-state index < -0.39 is 39.6 Å². The lowest BCUT2D eigenvalue weighted by molar-refractivity contribution is -0.145. The number of nitrogens with one attached hydrogen (secondary N) is 2. The topological polar surface area (TPSA) is 131 Å². The lowest BCUT2D eigenvalue weighted by Crippen LogP contribution is -2.63. The third-order valence-electron chi connectivity index (χ3n) is 5.21. The number of alkyl halides is 3. The van der Waals surface area contributed by atoms with Crippen molar-refractivity contribution in [1.29, 1.82) is 0 Å². The van der Waals surface area contributed by atoms with Crippen LogP contribution in [0.25, 0.3) is 0 Å². The molecule has 1 saturated carbocycles. The van der Waals surface area contributed by atoms with Crippen molar-refractivity contribution in [2.45, 2.75) is 31.2 Å². The Balaban J connectivity index is 1.53. The van der Waals surface area contributed by atoms with E-state index >= 15 is 0 Å². The van der Waals surface area contributed by atoms with Gasteiger partial charge in [-0.15, -0.1) is 0 Å². The Kier molecular flexibility index (Phi) is 5.52. The highest BCUT2D eigenvalue weighted by Gasteiger charge is 2.62. The number of hydrogen-bond acceptors (Lipinski definition) is 7. The lowest BCUT2D eigenvalue weighted by atomic mass is 10.0. The normalized spacial score (nSPS) is 21.1. The SMILES string of the molecule is CS(=O)(=O)N(Cc1ccc(Oc2cnc(C(F)(F)F)nc2)cc1)[C@]1(C2CC2)NC(=O)NC1=O. The molecule has 1 aliphatic carbocycles. The van der Waals surface area contributed by atoms with Crippen molar-refractivity contribution < 1.29 is 35.9 Å². The van der Waals surface area contributed by atoms with Crippen molar-refractivity contribution in [1.82, 2.24) is 24.9 Å². The Hall–Kier alpha value is -3.26. The third kappa shape index (κ3) is 4.61. The maximum absolute atomic E-state index is 12.6. The molecule has 1 saturated heterocycles. The highest BCUT2D eigenvalue weighted by atomic mass is 32.2. The predicted molar refractivity (Wildman–Crippen MR) is 106 cm³/mol. The third-order valence-corrected chi connectivity index (χ3v) is 6.42. The lowest BCUT2D eigenvalue weighted by Gasteiger charge is -2.37. The molecule has 2 heterocycles. The molecule has 176 valence electrons. The molecule has 10 nitrogen and oxygen atoms in total. The van der Waals surface area contributed by atoms with Crippen molar-refractivity contribution in [2.75, 3.05) is 6.26 Å². The first-order valence-electron chi connectivity index (χ1n) is 9.67. The zero-order chi connectivity index (χ0) is 24.0. The van der Waals surface area contributed by atoms with E-state index in [2.05, 4.69) is 20.6 Å². The quantitative estimate of drug-likeness (QED) is 0.574. The van der Waals surface area contributed by atoms with Gasteiger partial charge in [0.15, 0.2) is 11.4 Å². The molecule has 1 aromatic heterocycles. The summed E-state index contributed by atoms with van der Waals surface area (Å²) >= 11 is 0. The van der Waals surface area contributed by atoms with Crippen LogP contribution in [0.4, 0.5) is 18.0 Å². The largest absolute Gasteiger partial charge is 0.454 e. The summed E-state index contributed by atoms with van der Waals surface area (Å²) in [6.07, 6.45) is -0.772. The Labute approximate surface area is 186 Å². The van der Waals surface area contributed by atoms with E-state index in [1.54, 1.807) is 0 Å². The number of rotatable bonds is 7. The van der Waals surface area contributed by atoms with Crippen LogP contribution >= 0.6 is 0 Å². The molecule has 0 radical (unpaired) electrons. The van der Waals surface area contributed by atoms with Crippen LogP contribution in [0.3, 0.4) is 0 Å².